The third kappa shape index (κ3) is 2.06. The van der Waals surface area contributed by atoms with Gasteiger partial charge in [0.25, 0.3) is 0 Å². The van der Waals surface area contributed by atoms with Gasteiger partial charge >= 0.3 is 5.97 Å². The summed E-state index contributed by atoms with van der Waals surface area (Å²) >= 11 is 0. The number of rotatable bonds is 2. The molecule has 0 aromatic heterocycles. The average molecular weight is 175 g/mol. The van der Waals surface area contributed by atoms with Crippen molar-refractivity contribution in [2.45, 2.75) is 13.0 Å². The second-order valence-corrected chi connectivity index (χ2v) is 2.74. The first-order valence-electron chi connectivity index (χ1n) is 3.85. The molecule has 0 radical (unpaired) electrons. The highest BCUT2D eigenvalue weighted by molar-refractivity contribution is 5.87. The van der Waals surface area contributed by atoms with E-state index in [1.807, 2.05) is 0 Å². The van der Waals surface area contributed by atoms with Crippen LogP contribution >= 0.6 is 0 Å². The molecule has 1 aromatic carbocycles. The summed E-state index contributed by atoms with van der Waals surface area (Å²) in [7, 11) is 0. The van der Waals surface area contributed by atoms with Crippen LogP contribution in [0.2, 0.25) is 0 Å². The maximum atomic E-state index is 10.6. The molecule has 0 saturated heterocycles. The second-order valence-electron chi connectivity index (χ2n) is 2.74. The standard InChI is InChI=1S/C10H9NO2/c1-7(11-2)8-4-3-5-9(6-8)10(12)13/h3-7H,1H3,(H,12,13). The average Bonchev–Trinajstić information content (AvgIpc) is 2.17. The smallest absolute Gasteiger partial charge is 0.335 e. The van der Waals surface area contributed by atoms with E-state index in [4.69, 9.17) is 11.7 Å². The molecule has 0 aliphatic rings. The first kappa shape index (κ1) is 9.27. The van der Waals surface area contributed by atoms with Crippen molar-refractivity contribution >= 4 is 5.97 Å². The monoisotopic (exact) mass is 175 g/mol. The lowest BCUT2D eigenvalue weighted by Crippen LogP contribution is -1.97. The van der Waals surface area contributed by atoms with Crippen LogP contribution < -0.4 is 0 Å². The van der Waals surface area contributed by atoms with Gasteiger partial charge in [0.15, 0.2) is 0 Å². The van der Waals surface area contributed by atoms with Gasteiger partial charge < -0.3 is 9.95 Å². The number of nitrogens with zero attached hydrogens (tertiary/aromatic N) is 1. The normalized spacial score (nSPS) is 11.7. The van der Waals surface area contributed by atoms with Crippen LogP contribution in [0.3, 0.4) is 0 Å². The minimum absolute atomic E-state index is 0.230. The lowest BCUT2D eigenvalue weighted by molar-refractivity contribution is 0.0697. The van der Waals surface area contributed by atoms with E-state index in [2.05, 4.69) is 4.85 Å². The van der Waals surface area contributed by atoms with E-state index in [0.717, 1.165) is 5.56 Å². The molecule has 1 N–H and O–H groups in total. The van der Waals surface area contributed by atoms with Crippen LogP contribution in [0.25, 0.3) is 4.85 Å². The molecule has 3 nitrogen and oxygen atoms in total. The first-order valence-corrected chi connectivity index (χ1v) is 3.85. The number of hydrogen-bond acceptors (Lipinski definition) is 1. The molecule has 0 bridgehead atoms. The van der Waals surface area contributed by atoms with Crippen LogP contribution in [0.5, 0.6) is 0 Å². The fraction of sp³-hybridized carbons (Fsp3) is 0.200. The summed E-state index contributed by atoms with van der Waals surface area (Å²) in [6, 6.07) is 6.18. The Bertz CT molecular complexity index is 365. The van der Waals surface area contributed by atoms with Crippen molar-refractivity contribution in [3.8, 4) is 0 Å². The number of hydrogen-bond donors (Lipinski definition) is 1. The van der Waals surface area contributed by atoms with Crippen molar-refractivity contribution in [1.29, 1.82) is 0 Å². The van der Waals surface area contributed by atoms with E-state index in [9.17, 15) is 4.79 Å². The highest BCUT2D eigenvalue weighted by Gasteiger charge is 2.10. The molecule has 1 unspecified atom stereocenters. The van der Waals surface area contributed by atoms with E-state index in [-0.39, 0.29) is 11.6 Å². The Hall–Kier alpha value is -1.82. The molecule has 0 aliphatic heterocycles. The quantitative estimate of drug-likeness (QED) is 0.701. The predicted octanol–water partition coefficient (Wildman–Crippen LogP) is 2.37. The highest BCUT2D eigenvalue weighted by Crippen LogP contribution is 2.17. The van der Waals surface area contributed by atoms with E-state index < -0.39 is 5.97 Å². The van der Waals surface area contributed by atoms with E-state index in [0.29, 0.717) is 0 Å². The largest absolute Gasteiger partial charge is 0.478 e. The minimum Gasteiger partial charge on any atom is -0.478 e. The molecule has 13 heavy (non-hydrogen) atoms. The number of aromatic carboxylic acids is 1. The van der Waals surface area contributed by atoms with Crippen molar-refractivity contribution in [3.05, 3.63) is 46.8 Å². The van der Waals surface area contributed by atoms with Gasteiger partial charge in [-0.2, -0.15) is 0 Å². The SMILES string of the molecule is [C-]#[N+]C(C)c1cccc(C(=O)O)c1. The van der Waals surface area contributed by atoms with Gasteiger partial charge in [-0.3, -0.25) is 0 Å². The van der Waals surface area contributed by atoms with Crippen molar-refractivity contribution in [2.75, 3.05) is 0 Å². The molecular formula is C10H9NO2. The molecule has 0 saturated carbocycles. The van der Waals surface area contributed by atoms with Crippen LogP contribution in [-0.2, 0) is 0 Å². The Kier molecular flexibility index (Phi) is 2.65. The number of benzene rings is 1. The topological polar surface area (TPSA) is 41.7 Å². The summed E-state index contributed by atoms with van der Waals surface area (Å²) in [5.74, 6) is -0.959. The molecule has 1 rings (SSSR count). The van der Waals surface area contributed by atoms with E-state index >= 15 is 0 Å². The van der Waals surface area contributed by atoms with Crippen LogP contribution in [-0.4, -0.2) is 11.1 Å². The summed E-state index contributed by atoms with van der Waals surface area (Å²) in [5.41, 5.74) is 0.975. The lowest BCUT2D eigenvalue weighted by Gasteiger charge is -2.00. The Labute approximate surface area is 76.4 Å². The van der Waals surface area contributed by atoms with Gasteiger partial charge in [0.05, 0.1) is 5.56 Å². The van der Waals surface area contributed by atoms with Crippen molar-refractivity contribution in [2.24, 2.45) is 0 Å². The third-order valence-electron chi connectivity index (χ3n) is 1.81. The van der Waals surface area contributed by atoms with Gasteiger partial charge in [0, 0.05) is 12.5 Å². The molecule has 0 fully saturated rings. The molecule has 0 aliphatic carbocycles. The van der Waals surface area contributed by atoms with Gasteiger partial charge in [-0.25, -0.2) is 11.4 Å². The summed E-state index contributed by atoms with van der Waals surface area (Å²) < 4.78 is 0. The minimum atomic E-state index is -0.959. The predicted molar refractivity (Wildman–Crippen MR) is 48.4 cm³/mol. The summed E-state index contributed by atoms with van der Waals surface area (Å²) in [5, 5.41) is 8.69. The number of carboxylic acids is 1. The van der Waals surface area contributed by atoms with Gasteiger partial charge in [0.1, 0.15) is 0 Å². The fourth-order valence-electron chi connectivity index (χ4n) is 1.01. The summed E-state index contributed by atoms with van der Waals surface area (Å²) in [6.07, 6.45) is 0. The van der Waals surface area contributed by atoms with Crippen LogP contribution in [0.1, 0.15) is 28.9 Å². The second kappa shape index (κ2) is 3.72. The Balaban J connectivity index is 3.07. The highest BCUT2D eigenvalue weighted by atomic mass is 16.4. The zero-order valence-electron chi connectivity index (χ0n) is 7.19. The van der Waals surface area contributed by atoms with Crippen molar-refractivity contribution in [1.82, 2.24) is 0 Å². The van der Waals surface area contributed by atoms with Crippen LogP contribution in [0.15, 0.2) is 24.3 Å². The van der Waals surface area contributed by atoms with Gasteiger partial charge in [-0.05, 0) is 12.1 Å². The molecule has 1 aromatic rings. The maximum Gasteiger partial charge on any atom is 0.335 e. The van der Waals surface area contributed by atoms with Crippen molar-refractivity contribution in [3.63, 3.8) is 0 Å². The van der Waals surface area contributed by atoms with Crippen LogP contribution in [0, 0.1) is 6.57 Å². The van der Waals surface area contributed by atoms with Crippen molar-refractivity contribution < 1.29 is 9.90 Å². The zero-order valence-corrected chi connectivity index (χ0v) is 7.19. The number of carbonyl (C=O) groups is 1. The maximum absolute atomic E-state index is 10.6. The van der Waals surface area contributed by atoms with Crippen LogP contribution in [0.4, 0.5) is 0 Å². The molecular weight excluding hydrogens is 166 g/mol. The van der Waals surface area contributed by atoms with Gasteiger partial charge in [-0.1, -0.05) is 12.1 Å². The number of carboxylic acid groups (broad SMARTS) is 1. The molecule has 0 heterocycles. The summed E-state index contributed by atoms with van der Waals surface area (Å²) in [6.45, 7) is 8.55. The molecule has 66 valence electrons. The molecule has 0 spiro atoms. The van der Waals surface area contributed by atoms with Gasteiger partial charge in [0.2, 0.25) is 6.04 Å². The third-order valence-corrected chi connectivity index (χ3v) is 1.81. The van der Waals surface area contributed by atoms with E-state index in [1.165, 1.54) is 12.1 Å². The first-order chi connectivity index (χ1) is 6.15. The van der Waals surface area contributed by atoms with E-state index in [1.54, 1.807) is 19.1 Å². The molecule has 1 atom stereocenters. The summed E-state index contributed by atoms with van der Waals surface area (Å²) in [4.78, 5) is 13.9. The Morgan fingerprint density at radius 3 is 2.85 bits per heavy atom. The molecule has 3 heteroatoms. The Morgan fingerprint density at radius 1 is 1.62 bits per heavy atom. The lowest BCUT2D eigenvalue weighted by atomic mass is 10.1. The van der Waals surface area contributed by atoms with Gasteiger partial charge in [-0.15, -0.1) is 0 Å². The fourth-order valence-corrected chi connectivity index (χ4v) is 1.01. The molecule has 0 amide bonds. The zero-order chi connectivity index (χ0) is 9.84. The Morgan fingerprint density at radius 2 is 2.31 bits per heavy atom.